The van der Waals surface area contributed by atoms with E-state index in [1.807, 2.05) is 0 Å². The van der Waals surface area contributed by atoms with Crippen molar-refractivity contribution in [2.24, 2.45) is 11.7 Å². The molecule has 0 radical (unpaired) electrons. The molecule has 0 spiro atoms. The van der Waals surface area contributed by atoms with Gasteiger partial charge >= 0.3 is 12.0 Å². The van der Waals surface area contributed by atoms with Gasteiger partial charge in [0.2, 0.25) is 0 Å². The monoisotopic (exact) mass is 227 g/mol. The lowest BCUT2D eigenvalue weighted by Crippen LogP contribution is -2.42. The van der Waals surface area contributed by atoms with Gasteiger partial charge in [-0.2, -0.15) is 0 Å². The van der Waals surface area contributed by atoms with E-state index in [9.17, 15) is 9.59 Å². The fourth-order valence-corrected chi connectivity index (χ4v) is 2.30. The summed E-state index contributed by atoms with van der Waals surface area (Å²) in [6, 6.07) is 0.0125. The molecule has 3 N–H and O–H groups in total. The van der Waals surface area contributed by atoms with E-state index in [4.69, 9.17) is 10.8 Å². The van der Waals surface area contributed by atoms with Gasteiger partial charge in [0.15, 0.2) is 0 Å². The van der Waals surface area contributed by atoms with Crippen LogP contribution in [0.1, 0.15) is 12.8 Å². The van der Waals surface area contributed by atoms with Gasteiger partial charge in [-0.1, -0.05) is 0 Å². The maximum atomic E-state index is 12.0. The molecule has 6 heteroatoms. The lowest BCUT2D eigenvalue weighted by Gasteiger charge is -2.23. The summed E-state index contributed by atoms with van der Waals surface area (Å²) < 4.78 is 0. The number of carboxylic acids is 1. The van der Waals surface area contributed by atoms with Gasteiger partial charge in [0.1, 0.15) is 0 Å². The Morgan fingerprint density at radius 1 is 1.12 bits per heavy atom. The van der Waals surface area contributed by atoms with Crippen LogP contribution >= 0.6 is 0 Å². The normalized spacial score (nSPS) is 29.8. The predicted molar refractivity (Wildman–Crippen MR) is 56.9 cm³/mol. The number of carboxylic acid groups (broad SMARTS) is 1. The second kappa shape index (κ2) is 4.29. The number of carbonyl (C=O) groups is 2. The number of rotatable bonds is 1. The largest absolute Gasteiger partial charge is 0.481 e. The van der Waals surface area contributed by atoms with Crippen molar-refractivity contribution >= 4 is 12.0 Å². The van der Waals surface area contributed by atoms with E-state index < -0.39 is 11.9 Å². The Kier molecular flexibility index (Phi) is 3.00. The summed E-state index contributed by atoms with van der Waals surface area (Å²) in [5, 5.41) is 8.85. The van der Waals surface area contributed by atoms with Crippen molar-refractivity contribution in [1.82, 2.24) is 9.80 Å². The van der Waals surface area contributed by atoms with E-state index in [1.165, 1.54) is 0 Å². The minimum atomic E-state index is -0.812. The van der Waals surface area contributed by atoms with Crippen LogP contribution in [0.25, 0.3) is 0 Å². The van der Waals surface area contributed by atoms with Crippen molar-refractivity contribution in [2.45, 2.75) is 18.9 Å². The fourth-order valence-electron chi connectivity index (χ4n) is 2.30. The highest BCUT2D eigenvalue weighted by atomic mass is 16.4. The Morgan fingerprint density at radius 2 is 1.75 bits per heavy atom. The molecule has 0 aromatic heterocycles. The molecule has 2 heterocycles. The van der Waals surface area contributed by atoms with E-state index >= 15 is 0 Å². The number of hydrogen-bond acceptors (Lipinski definition) is 3. The Labute approximate surface area is 94.0 Å². The van der Waals surface area contributed by atoms with Gasteiger partial charge in [0.05, 0.1) is 5.92 Å². The minimum absolute atomic E-state index is 0.0586. The van der Waals surface area contributed by atoms with Crippen molar-refractivity contribution in [2.75, 3.05) is 26.2 Å². The van der Waals surface area contributed by atoms with Gasteiger partial charge in [-0.05, 0) is 12.8 Å². The quantitative estimate of drug-likeness (QED) is 0.635. The SMILES string of the molecule is NC1CCN(C(=O)N2CCC(C(=O)O)C2)C1. The van der Waals surface area contributed by atoms with Gasteiger partial charge in [-0.25, -0.2) is 4.79 Å². The van der Waals surface area contributed by atoms with Crippen LogP contribution in [0.15, 0.2) is 0 Å². The molecule has 2 rings (SSSR count). The van der Waals surface area contributed by atoms with Crippen LogP contribution in [0.2, 0.25) is 0 Å². The molecule has 0 bridgehead atoms. The fraction of sp³-hybridized carbons (Fsp3) is 0.800. The lowest BCUT2D eigenvalue weighted by molar-refractivity contribution is -0.141. The first-order valence-corrected chi connectivity index (χ1v) is 5.60. The molecule has 0 saturated carbocycles. The standard InChI is InChI=1S/C10H17N3O3/c11-8-2-4-13(6-8)10(16)12-3-1-7(5-12)9(14)15/h7-8H,1-6,11H2,(H,14,15). The molecule has 2 aliphatic heterocycles. The average molecular weight is 227 g/mol. The molecular weight excluding hydrogens is 210 g/mol. The van der Waals surface area contributed by atoms with Crippen LogP contribution in [0.4, 0.5) is 4.79 Å². The first-order chi connectivity index (χ1) is 7.58. The van der Waals surface area contributed by atoms with Crippen LogP contribution in [0.3, 0.4) is 0 Å². The zero-order valence-corrected chi connectivity index (χ0v) is 9.13. The maximum absolute atomic E-state index is 12.0. The molecule has 0 aromatic carbocycles. The van der Waals surface area contributed by atoms with Gasteiger partial charge in [-0.3, -0.25) is 4.79 Å². The lowest BCUT2D eigenvalue weighted by atomic mass is 10.1. The summed E-state index contributed by atoms with van der Waals surface area (Å²) in [4.78, 5) is 26.1. The second-order valence-electron chi connectivity index (χ2n) is 4.55. The van der Waals surface area contributed by atoms with Crippen LogP contribution < -0.4 is 5.73 Å². The highest BCUT2D eigenvalue weighted by Crippen LogP contribution is 2.19. The number of aliphatic carboxylic acids is 1. The number of nitrogens with zero attached hydrogens (tertiary/aromatic N) is 2. The Morgan fingerprint density at radius 3 is 2.25 bits per heavy atom. The van der Waals surface area contributed by atoms with E-state index in [-0.39, 0.29) is 12.1 Å². The molecule has 16 heavy (non-hydrogen) atoms. The summed E-state index contributed by atoms with van der Waals surface area (Å²) >= 11 is 0. The maximum Gasteiger partial charge on any atom is 0.320 e. The summed E-state index contributed by atoms with van der Waals surface area (Å²) in [5.41, 5.74) is 5.73. The minimum Gasteiger partial charge on any atom is -0.481 e. The number of carbonyl (C=O) groups excluding carboxylic acids is 1. The van der Waals surface area contributed by atoms with Crippen molar-refractivity contribution < 1.29 is 14.7 Å². The predicted octanol–water partition coefficient (Wildman–Crippen LogP) is -0.454. The van der Waals surface area contributed by atoms with Crippen molar-refractivity contribution in [3.05, 3.63) is 0 Å². The van der Waals surface area contributed by atoms with Gasteiger partial charge in [0.25, 0.3) is 0 Å². The van der Waals surface area contributed by atoms with E-state index in [2.05, 4.69) is 0 Å². The molecule has 90 valence electrons. The Balaban J connectivity index is 1.89. The first-order valence-electron chi connectivity index (χ1n) is 5.60. The van der Waals surface area contributed by atoms with Crippen LogP contribution in [-0.2, 0) is 4.79 Å². The van der Waals surface area contributed by atoms with E-state index in [0.29, 0.717) is 32.6 Å². The van der Waals surface area contributed by atoms with Gasteiger partial charge in [-0.15, -0.1) is 0 Å². The summed E-state index contributed by atoms with van der Waals surface area (Å²) in [7, 11) is 0. The third-order valence-corrected chi connectivity index (χ3v) is 3.30. The first kappa shape index (κ1) is 11.2. The number of amides is 2. The third kappa shape index (κ3) is 2.11. The van der Waals surface area contributed by atoms with E-state index in [1.54, 1.807) is 9.80 Å². The molecular formula is C10H17N3O3. The molecule has 2 aliphatic rings. The average Bonchev–Trinajstić information content (AvgIpc) is 2.84. The summed E-state index contributed by atoms with van der Waals surface area (Å²) in [5.74, 6) is -1.21. The second-order valence-corrected chi connectivity index (χ2v) is 4.55. The van der Waals surface area contributed by atoms with Crippen molar-refractivity contribution in [1.29, 1.82) is 0 Å². The number of likely N-dealkylation sites (tertiary alicyclic amines) is 2. The van der Waals surface area contributed by atoms with Gasteiger partial charge < -0.3 is 20.6 Å². The van der Waals surface area contributed by atoms with E-state index in [0.717, 1.165) is 6.42 Å². The van der Waals surface area contributed by atoms with Gasteiger partial charge in [0, 0.05) is 32.2 Å². The molecule has 2 atom stereocenters. The molecule has 2 unspecified atom stereocenters. The Hall–Kier alpha value is -1.30. The van der Waals surface area contributed by atoms with Crippen LogP contribution in [0.5, 0.6) is 0 Å². The van der Waals surface area contributed by atoms with Crippen molar-refractivity contribution in [3.8, 4) is 0 Å². The zero-order chi connectivity index (χ0) is 11.7. The molecule has 2 amide bonds. The Bertz CT molecular complexity index is 308. The highest BCUT2D eigenvalue weighted by molar-refractivity contribution is 5.77. The number of nitrogens with two attached hydrogens (primary N) is 1. The topological polar surface area (TPSA) is 86.9 Å². The highest BCUT2D eigenvalue weighted by Gasteiger charge is 2.34. The molecule has 0 aliphatic carbocycles. The summed E-state index contributed by atoms with van der Waals surface area (Å²) in [6.45, 7) is 2.16. The smallest absolute Gasteiger partial charge is 0.320 e. The molecule has 2 saturated heterocycles. The van der Waals surface area contributed by atoms with Crippen molar-refractivity contribution in [3.63, 3.8) is 0 Å². The van der Waals surface area contributed by atoms with Crippen LogP contribution in [-0.4, -0.2) is 59.1 Å². The third-order valence-electron chi connectivity index (χ3n) is 3.30. The molecule has 0 aromatic rings. The number of hydrogen-bond donors (Lipinski definition) is 2. The number of urea groups is 1. The molecule has 2 fully saturated rings. The zero-order valence-electron chi connectivity index (χ0n) is 9.13. The molecule has 6 nitrogen and oxygen atoms in total. The summed E-state index contributed by atoms with van der Waals surface area (Å²) in [6.07, 6.45) is 1.39. The van der Waals surface area contributed by atoms with Crippen LogP contribution in [0, 0.1) is 5.92 Å².